The Hall–Kier alpha value is -0.543. The predicted molar refractivity (Wildman–Crippen MR) is 103 cm³/mol. The van der Waals surface area contributed by atoms with Gasteiger partial charge in [-0.05, 0) is 37.7 Å². The smallest absolute Gasteiger partial charge is 0.0735 e. The Balaban J connectivity index is 2.67. The zero-order valence-corrected chi connectivity index (χ0v) is 16.2. The number of nitrogens with zero attached hydrogens (tertiary/aromatic N) is 1. The largest absolute Gasteiger partial charge is 0.247 e. The van der Waals surface area contributed by atoms with Gasteiger partial charge in [-0.3, -0.25) is 0 Å². The normalized spacial score (nSPS) is 12.7. The molecule has 0 radical (unpaired) electrons. The van der Waals surface area contributed by atoms with Crippen LogP contribution in [0.4, 0.5) is 5.69 Å². The fourth-order valence-corrected chi connectivity index (χ4v) is 4.12. The molecule has 0 aliphatic rings. The fourth-order valence-electron chi connectivity index (χ4n) is 1.95. The summed E-state index contributed by atoms with van der Waals surface area (Å²) in [5.41, 5.74) is 2.40. The van der Waals surface area contributed by atoms with Gasteiger partial charge in [0.1, 0.15) is 0 Å². The Morgan fingerprint density at radius 1 is 1.10 bits per heavy atom. The van der Waals surface area contributed by atoms with Crippen molar-refractivity contribution < 1.29 is 0 Å². The Bertz CT molecular complexity index is 432. The van der Waals surface area contributed by atoms with E-state index in [0.29, 0.717) is 0 Å². The lowest BCUT2D eigenvalue weighted by atomic mass is 10.2. The van der Waals surface area contributed by atoms with E-state index in [9.17, 15) is 0 Å². The first-order valence-electron chi connectivity index (χ1n) is 8.18. The first-order valence-corrected chi connectivity index (χ1v) is 12.9. The van der Waals surface area contributed by atoms with Crippen LogP contribution in [0.25, 0.3) is 0 Å². The van der Waals surface area contributed by atoms with Gasteiger partial charge in [0.2, 0.25) is 0 Å². The molecule has 118 valence electrons. The van der Waals surface area contributed by atoms with Crippen molar-refractivity contribution in [3.63, 3.8) is 0 Å². The van der Waals surface area contributed by atoms with Gasteiger partial charge in [-0.25, -0.2) is 4.99 Å². The molecule has 3 heteroatoms. The quantitative estimate of drug-likeness (QED) is 0.225. The van der Waals surface area contributed by atoms with Crippen LogP contribution < -0.4 is 0 Å². The van der Waals surface area contributed by atoms with Crippen molar-refractivity contribution in [3.8, 4) is 0 Å². The van der Waals surface area contributed by atoms with Crippen molar-refractivity contribution in [2.45, 2.75) is 65.2 Å². The summed E-state index contributed by atoms with van der Waals surface area (Å²) >= 11 is 1.97. The van der Waals surface area contributed by atoms with E-state index in [-0.39, 0.29) is 0 Å². The highest BCUT2D eigenvalue weighted by Crippen LogP contribution is 2.22. The number of aryl methyl sites for hydroxylation is 1. The molecular weight excluding hydrogens is 290 g/mol. The van der Waals surface area contributed by atoms with Crippen LogP contribution in [0.15, 0.2) is 29.3 Å². The van der Waals surface area contributed by atoms with E-state index in [2.05, 4.69) is 57.8 Å². The SMILES string of the molecule is CCCCCSC(CC[Si](C)(C)C)=Nc1ccc(C)cc1. The predicted octanol–water partition coefficient (Wildman–Crippen LogP) is 6.68. The standard InChI is InChI=1S/C18H31NSSi/c1-6-7-8-14-20-18(13-15-21(3,4)5)19-17-11-9-16(2)10-12-17/h9-12H,6-8,13-15H2,1-5H3. The van der Waals surface area contributed by atoms with Gasteiger partial charge < -0.3 is 0 Å². The van der Waals surface area contributed by atoms with Gasteiger partial charge in [-0.1, -0.05) is 63.1 Å². The Kier molecular flexibility index (Phi) is 8.34. The Morgan fingerprint density at radius 3 is 2.33 bits per heavy atom. The van der Waals surface area contributed by atoms with Gasteiger partial charge in [-0.15, -0.1) is 11.8 Å². The first kappa shape index (κ1) is 18.5. The maximum Gasteiger partial charge on any atom is 0.0735 e. The minimum absolute atomic E-state index is 0.995. The van der Waals surface area contributed by atoms with Gasteiger partial charge in [-0.2, -0.15) is 0 Å². The molecule has 0 spiro atoms. The highest BCUT2D eigenvalue weighted by atomic mass is 32.2. The molecule has 0 aliphatic carbocycles. The van der Waals surface area contributed by atoms with Gasteiger partial charge in [0, 0.05) is 8.07 Å². The first-order chi connectivity index (χ1) is 9.90. The molecule has 0 fully saturated rings. The van der Waals surface area contributed by atoms with Crippen molar-refractivity contribution in [2.24, 2.45) is 4.99 Å². The fraction of sp³-hybridized carbons (Fsp3) is 0.611. The van der Waals surface area contributed by atoms with Gasteiger partial charge in [0.25, 0.3) is 0 Å². The highest BCUT2D eigenvalue weighted by molar-refractivity contribution is 8.13. The average molecular weight is 322 g/mol. The lowest BCUT2D eigenvalue weighted by molar-refractivity contribution is 0.779. The third kappa shape index (κ3) is 9.15. The van der Waals surface area contributed by atoms with Crippen LogP contribution in [0, 0.1) is 6.92 Å². The van der Waals surface area contributed by atoms with E-state index in [1.54, 1.807) is 0 Å². The van der Waals surface area contributed by atoms with Crippen LogP contribution in [0.3, 0.4) is 0 Å². The van der Waals surface area contributed by atoms with Crippen LogP contribution in [-0.4, -0.2) is 18.9 Å². The lowest BCUT2D eigenvalue weighted by Crippen LogP contribution is -2.20. The molecule has 1 nitrogen and oxygen atoms in total. The summed E-state index contributed by atoms with van der Waals surface area (Å²) in [4.78, 5) is 4.90. The number of rotatable bonds is 8. The lowest BCUT2D eigenvalue weighted by Gasteiger charge is -2.16. The summed E-state index contributed by atoms with van der Waals surface area (Å²) in [5.74, 6) is 1.21. The van der Waals surface area contributed by atoms with Crippen LogP contribution in [0.1, 0.15) is 38.2 Å². The third-order valence-electron chi connectivity index (χ3n) is 3.39. The maximum atomic E-state index is 4.90. The molecule has 0 aromatic heterocycles. The summed E-state index contributed by atoms with van der Waals surface area (Å²) in [6.45, 7) is 11.7. The number of benzene rings is 1. The molecule has 0 unspecified atom stereocenters. The van der Waals surface area contributed by atoms with Crippen LogP contribution in [0.2, 0.25) is 25.7 Å². The molecule has 0 saturated carbocycles. The minimum Gasteiger partial charge on any atom is -0.247 e. The van der Waals surface area contributed by atoms with Gasteiger partial charge in [0.15, 0.2) is 0 Å². The van der Waals surface area contributed by atoms with Gasteiger partial charge >= 0.3 is 0 Å². The maximum absolute atomic E-state index is 4.90. The summed E-state index contributed by atoms with van der Waals surface area (Å²) in [5, 5.41) is 1.33. The second kappa shape index (κ2) is 9.47. The molecular formula is C18H31NSSi. The van der Waals surface area contributed by atoms with E-state index in [1.165, 1.54) is 41.7 Å². The highest BCUT2D eigenvalue weighted by Gasteiger charge is 2.14. The molecule has 0 N–H and O–H groups in total. The third-order valence-corrected chi connectivity index (χ3v) is 6.26. The number of unbranched alkanes of at least 4 members (excludes halogenated alkanes) is 2. The molecule has 1 rings (SSSR count). The number of aliphatic imine (C=N–C) groups is 1. The van der Waals surface area contributed by atoms with Crippen molar-refractivity contribution in [1.29, 1.82) is 0 Å². The molecule has 0 heterocycles. The molecule has 21 heavy (non-hydrogen) atoms. The zero-order valence-electron chi connectivity index (χ0n) is 14.4. The summed E-state index contributed by atoms with van der Waals surface area (Å²) in [6.07, 6.45) is 5.08. The van der Waals surface area contributed by atoms with Crippen LogP contribution in [0.5, 0.6) is 0 Å². The van der Waals surface area contributed by atoms with E-state index in [4.69, 9.17) is 4.99 Å². The molecule has 0 amide bonds. The van der Waals surface area contributed by atoms with Crippen molar-refractivity contribution >= 4 is 30.6 Å². The summed E-state index contributed by atoms with van der Waals surface area (Å²) < 4.78 is 0. The number of thioether (sulfide) groups is 1. The van der Waals surface area contributed by atoms with Gasteiger partial charge in [0.05, 0.1) is 10.7 Å². The minimum atomic E-state index is -0.995. The Morgan fingerprint density at radius 2 is 1.76 bits per heavy atom. The van der Waals surface area contributed by atoms with E-state index in [1.807, 2.05) is 11.8 Å². The van der Waals surface area contributed by atoms with E-state index in [0.717, 1.165) is 12.1 Å². The van der Waals surface area contributed by atoms with Crippen molar-refractivity contribution in [1.82, 2.24) is 0 Å². The number of hydrogen-bond acceptors (Lipinski definition) is 2. The van der Waals surface area contributed by atoms with Crippen molar-refractivity contribution in [3.05, 3.63) is 29.8 Å². The van der Waals surface area contributed by atoms with E-state index >= 15 is 0 Å². The summed E-state index contributed by atoms with van der Waals surface area (Å²) in [7, 11) is -0.995. The molecule has 1 aromatic carbocycles. The second-order valence-corrected chi connectivity index (χ2v) is 13.7. The average Bonchev–Trinajstić information content (AvgIpc) is 2.42. The topological polar surface area (TPSA) is 12.4 Å². The van der Waals surface area contributed by atoms with Crippen LogP contribution in [-0.2, 0) is 0 Å². The molecule has 0 aliphatic heterocycles. The molecule has 0 bridgehead atoms. The second-order valence-electron chi connectivity index (χ2n) is 6.96. The molecule has 0 saturated heterocycles. The van der Waals surface area contributed by atoms with Crippen molar-refractivity contribution in [2.75, 3.05) is 5.75 Å². The van der Waals surface area contributed by atoms with E-state index < -0.39 is 8.07 Å². The zero-order chi connectivity index (χ0) is 15.7. The monoisotopic (exact) mass is 321 g/mol. The molecule has 1 aromatic rings. The Labute approximate surface area is 136 Å². The number of hydrogen-bond donors (Lipinski definition) is 0. The van der Waals surface area contributed by atoms with Crippen LogP contribution >= 0.6 is 11.8 Å². The molecule has 0 atom stereocenters. The summed E-state index contributed by atoms with van der Waals surface area (Å²) in [6, 6.07) is 9.90.